The second kappa shape index (κ2) is 10.2. The summed E-state index contributed by atoms with van der Waals surface area (Å²) in [7, 11) is 0. The van der Waals surface area contributed by atoms with Gasteiger partial charge in [-0.25, -0.2) is 9.78 Å². The predicted molar refractivity (Wildman–Crippen MR) is 152 cm³/mol. The number of carboxylic acid groups (broad SMARTS) is 1. The zero-order valence-corrected chi connectivity index (χ0v) is 21.9. The molecule has 2 N–H and O–H groups in total. The Bertz CT molecular complexity index is 1820. The van der Waals surface area contributed by atoms with Crippen LogP contribution in [-0.4, -0.2) is 30.7 Å². The number of rotatable bonds is 7. The van der Waals surface area contributed by atoms with Crippen molar-refractivity contribution in [2.45, 2.75) is 19.4 Å². The third-order valence-electron chi connectivity index (χ3n) is 6.87. The number of aromatic nitrogens is 3. The predicted octanol–water partition coefficient (Wildman–Crippen LogP) is 6.39. The molecule has 0 bridgehead atoms. The van der Waals surface area contributed by atoms with Gasteiger partial charge in [-0.3, -0.25) is 4.79 Å². The molecular formula is C31H24N4O3S. The molecular weight excluding hydrogens is 508 g/mol. The van der Waals surface area contributed by atoms with Gasteiger partial charge in [0, 0.05) is 23.6 Å². The number of carbonyl (C=O) groups is 2. The first-order valence-electron chi connectivity index (χ1n) is 12.5. The van der Waals surface area contributed by atoms with Crippen molar-refractivity contribution < 1.29 is 14.7 Å². The van der Waals surface area contributed by atoms with E-state index in [9.17, 15) is 14.7 Å². The molecule has 0 saturated heterocycles. The molecule has 192 valence electrons. The summed E-state index contributed by atoms with van der Waals surface area (Å²) in [6.45, 7) is 1.88. The van der Waals surface area contributed by atoms with Gasteiger partial charge in [-0.05, 0) is 64.6 Å². The zero-order valence-electron chi connectivity index (χ0n) is 21.0. The van der Waals surface area contributed by atoms with Gasteiger partial charge in [0.1, 0.15) is 0 Å². The van der Waals surface area contributed by atoms with Crippen molar-refractivity contribution in [3.63, 3.8) is 0 Å². The number of aromatic carboxylic acids is 1. The van der Waals surface area contributed by atoms with Crippen molar-refractivity contribution >= 4 is 39.7 Å². The normalized spacial score (nSPS) is 12.0. The minimum absolute atomic E-state index is 0.201. The second-order valence-corrected chi connectivity index (χ2v) is 10.1. The van der Waals surface area contributed by atoms with E-state index in [1.54, 1.807) is 30.6 Å². The smallest absolute Gasteiger partial charge is 0.335 e. The topological polar surface area (TPSA) is 96.6 Å². The van der Waals surface area contributed by atoms with Crippen LogP contribution >= 0.6 is 11.5 Å². The van der Waals surface area contributed by atoms with Gasteiger partial charge < -0.3 is 14.8 Å². The Morgan fingerprint density at radius 2 is 1.79 bits per heavy atom. The minimum atomic E-state index is -0.987. The summed E-state index contributed by atoms with van der Waals surface area (Å²) in [5, 5.41) is 16.5. The van der Waals surface area contributed by atoms with Gasteiger partial charge >= 0.3 is 5.97 Å². The largest absolute Gasteiger partial charge is 0.478 e. The Morgan fingerprint density at radius 1 is 1.00 bits per heavy atom. The van der Waals surface area contributed by atoms with Crippen LogP contribution < -0.4 is 5.32 Å². The Balaban J connectivity index is 1.38. The molecule has 39 heavy (non-hydrogen) atoms. The molecule has 0 saturated carbocycles. The average molecular weight is 533 g/mol. The third-order valence-corrected chi connectivity index (χ3v) is 7.43. The number of fused-ring (bicyclic) bond motifs is 2. The van der Waals surface area contributed by atoms with E-state index >= 15 is 0 Å². The monoisotopic (exact) mass is 532 g/mol. The molecule has 1 atom stereocenters. The molecule has 1 amide bonds. The quantitative estimate of drug-likeness (QED) is 0.248. The van der Waals surface area contributed by atoms with Crippen LogP contribution in [-0.2, 0) is 6.42 Å². The number of imidazole rings is 1. The number of amides is 1. The molecule has 0 aliphatic carbocycles. The first kappa shape index (κ1) is 24.5. The molecule has 0 aliphatic rings. The van der Waals surface area contributed by atoms with Crippen LogP contribution in [0.5, 0.6) is 0 Å². The van der Waals surface area contributed by atoms with Crippen LogP contribution in [0.4, 0.5) is 0 Å². The van der Waals surface area contributed by atoms with E-state index in [1.807, 2.05) is 47.2 Å². The molecule has 0 spiro atoms. The fraction of sp³-hybridized carbons (Fsp3) is 0.0968. The van der Waals surface area contributed by atoms with Gasteiger partial charge in [-0.1, -0.05) is 54.6 Å². The van der Waals surface area contributed by atoms with Crippen molar-refractivity contribution in [3.8, 4) is 11.3 Å². The SMILES string of the molecule is C[C@H](NC(=O)c1cc(-c2ccsn2)cn2cnc(Cc3ccc4ccccc4c3)c12)c1ccc(C(=O)O)cc1. The lowest BCUT2D eigenvalue weighted by Crippen LogP contribution is -2.27. The second-order valence-electron chi connectivity index (χ2n) is 9.45. The lowest BCUT2D eigenvalue weighted by molar-refractivity contribution is 0.0696. The number of benzene rings is 3. The van der Waals surface area contributed by atoms with E-state index in [-0.39, 0.29) is 17.5 Å². The molecule has 0 radical (unpaired) electrons. The number of nitrogens with zero attached hydrogens (tertiary/aromatic N) is 3. The van der Waals surface area contributed by atoms with Crippen LogP contribution in [0.3, 0.4) is 0 Å². The lowest BCUT2D eigenvalue weighted by Gasteiger charge is -2.16. The van der Waals surface area contributed by atoms with Gasteiger partial charge in [0.2, 0.25) is 0 Å². The number of carbonyl (C=O) groups excluding carboxylic acids is 1. The van der Waals surface area contributed by atoms with Crippen molar-refractivity contribution in [2.75, 3.05) is 0 Å². The molecule has 3 heterocycles. The molecule has 8 heteroatoms. The maximum Gasteiger partial charge on any atom is 0.335 e. The Morgan fingerprint density at radius 3 is 2.54 bits per heavy atom. The molecule has 0 aliphatic heterocycles. The highest BCUT2D eigenvalue weighted by atomic mass is 32.1. The average Bonchev–Trinajstić information content (AvgIpc) is 3.63. The number of carboxylic acids is 1. The summed E-state index contributed by atoms with van der Waals surface area (Å²) >= 11 is 1.36. The molecule has 7 nitrogen and oxygen atoms in total. The maximum atomic E-state index is 13.8. The van der Waals surface area contributed by atoms with E-state index < -0.39 is 5.97 Å². The summed E-state index contributed by atoms with van der Waals surface area (Å²) < 4.78 is 6.35. The fourth-order valence-electron chi connectivity index (χ4n) is 4.82. The van der Waals surface area contributed by atoms with Gasteiger partial charge in [-0.2, -0.15) is 4.37 Å². The number of hydrogen-bond donors (Lipinski definition) is 2. The van der Waals surface area contributed by atoms with E-state index in [0.717, 1.165) is 39.0 Å². The molecule has 0 unspecified atom stereocenters. The standard InChI is InChI=1S/C31H24N4O3S/c1-19(21-8-10-23(11-9-21)31(37)38)33-30(36)26-16-25(27-12-13-39-34-27)17-35-18-32-28(29(26)35)15-20-6-7-22-4-2-3-5-24(22)14-20/h2-14,16-19H,15H2,1H3,(H,33,36)(H,37,38)/t19-/m0/s1. The van der Waals surface area contributed by atoms with Gasteiger partial charge in [0.15, 0.2) is 0 Å². The molecule has 3 aromatic heterocycles. The van der Waals surface area contributed by atoms with E-state index in [0.29, 0.717) is 12.0 Å². The van der Waals surface area contributed by atoms with Gasteiger partial charge in [-0.15, -0.1) is 0 Å². The Kier molecular flexibility index (Phi) is 6.38. The van der Waals surface area contributed by atoms with Crippen LogP contribution in [0.15, 0.2) is 96.8 Å². The van der Waals surface area contributed by atoms with E-state index in [1.165, 1.54) is 16.9 Å². The van der Waals surface area contributed by atoms with E-state index in [2.05, 4.69) is 40.0 Å². The molecule has 3 aromatic carbocycles. The summed E-state index contributed by atoms with van der Waals surface area (Å²) in [6, 6.07) is 24.6. The number of nitrogens with one attached hydrogen (secondary N) is 1. The summed E-state index contributed by atoms with van der Waals surface area (Å²) in [5.74, 6) is -1.23. The van der Waals surface area contributed by atoms with Crippen LogP contribution in [0, 0.1) is 0 Å². The van der Waals surface area contributed by atoms with Crippen molar-refractivity contribution in [2.24, 2.45) is 0 Å². The minimum Gasteiger partial charge on any atom is -0.478 e. The van der Waals surface area contributed by atoms with Crippen LogP contribution in [0.25, 0.3) is 27.5 Å². The Labute approximate surface area is 228 Å². The molecule has 6 rings (SSSR count). The number of hydrogen-bond acceptors (Lipinski definition) is 5. The summed E-state index contributed by atoms with van der Waals surface area (Å²) in [6.07, 6.45) is 4.27. The highest BCUT2D eigenvalue weighted by Crippen LogP contribution is 2.27. The lowest BCUT2D eigenvalue weighted by atomic mass is 10.0. The summed E-state index contributed by atoms with van der Waals surface area (Å²) in [5.41, 5.74) is 5.78. The molecule has 0 fully saturated rings. The van der Waals surface area contributed by atoms with Crippen LogP contribution in [0.1, 0.15) is 50.5 Å². The number of pyridine rings is 1. The van der Waals surface area contributed by atoms with E-state index in [4.69, 9.17) is 4.98 Å². The first-order chi connectivity index (χ1) is 19.0. The molecule has 6 aromatic rings. The van der Waals surface area contributed by atoms with Crippen molar-refractivity contribution in [1.82, 2.24) is 19.1 Å². The van der Waals surface area contributed by atoms with Crippen molar-refractivity contribution in [3.05, 3.63) is 125 Å². The zero-order chi connectivity index (χ0) is 26.9. The highest BCUT2D eigenvalue weighted by Gasteiger charge is 2.20. The first-order valence-corrected chi connectivity index (χ1v) is 13.3. The van der Waals surface area contributed by atoms with Crippen LogP contribution in [0.2, 0.25) is 0 Å². The third kappa shape index (κ3) is 4.89. The van der Waals surface area contributed by atoms with Gasteiger partial charge in [0.25, 0.3) is 5.91 Å². The Hall–Kier alpha value is -4.82. The fourth-order valence-corrected chi connectivity index (χ4v) is 5.35. The summed E-state index contributed by atoms with van der Waals surface area (Å²) in [4.78, 5) is 29.7. The maximum absolute atomic E-state index is 13.8. The van der Waals surface area contributed by atoms with Gasteiger partial charge in [0.05, 0.1) is 40.4 Å². The van der Waals surface area contributed by atoms with Crippen molar-refractivity contribution in [1.29, 1.82) is 0 Å². The highest BCUT2D eigenvalue weighted by molar-refractivity contribution is 7.03.